The minimum atomic E-state index is -0.581. The smallest absolute Gasteiger partial charge is 0.235 e. The molecule has 0 saturated heterocycles. The molecule has 0 aliphatic carbocycles. The van der Waals surface area contributed by atoms with E-state index in [0.29, 0.717) is 12.7 Å². The van der Waals surface area contributed by atoms with Crippen LogP contribution in [0.4, 0.5) is 0 Å². The largest absolute Gasteiger partial charge is 0.482 e. The second-order valence-corrected chi connectivity index (χ2v) is 3.27. The third-order valence-corrected chi connectivity index (χ3v) is 2.35. The first-order chi connectivity index (χ1) is 6.81. The van der Waals surface area contributed by atoms with Gasteiger partial charge in [-0.05, 0) is 24.5 Å². The first kappa shape index (κ1) is 8.94. The van der Waals surface area contributed by atoms with Crippen LogP contribution in [0.25, 0.3) is 0 Å². The van der Waals surface area contributed by atoms with Gasteiger partial charge < -0.3 is 4.74 Å². The lowest BCUT2D eigenvalue weighted by Crippen LogP contribution is -2.31. The molecular formula is C11H10O3. The number of carbonyl (C=O) groups excluding carboxylic acids is 2. The van der Waals surface area contributed by atoms with Crippen LogP contribution in [0.1, 0.15) is 12.0 Å². The number of para-hydroxylation sites is 1. The zero-order valence-corrected chi connectivity index (χ0v) is 7.60. The number of aldehydes is 1. The summed E-state index contributed by atoms with van der Waals surface area (Å²) in [5.41, 5.74) is 1.10. The minimum absolute atomic E-state index is 0.332. The highest BCUT2D eigenvalue weighted by molar-refractivity contribution is 6.27. The van der Waals surface area contributed by atoms with Gasteiger partial charge in [0.1, 0.15) is 5.75 Å². The number of benzene rings is 1. The fraction of sp³-hybridized carbons (Fsp3) is 0.273. The van der Waals surface area contributed by atoms with E-state index >= 15 is 0 Å². The normalized spacial score (nSPS) is 19.3. The molecule has 14 heavy (non-hydrogen) atoms. The molecule has 1 heterocycles. The van der Waals surface area contributed by atoms with Crippen LogP contribution in [0.3, 0.4) is 0 Å². The summed E-state index contributed by atoms with van der Waals surface area (Å²) in [5, 5.41) is 0. The van der Waals surface area contributed by atoms with Crippen molar-refractivity contribution in [1.29, 1.82) is 0 Å². The lowest BCUT2D eigenvalue weighted by atomic mass is 10.0. The first-order valence-electron chi connectivity index (χ1n) is 4.55. The van der Waals surface area contributed by atoms with Crippen molar-refractivity contribution in [1.82, 2.24) is 0 Å². The van der Waals surface area contributed by atoms with Crippen molar-refractivity contribution in [2.24, 2.45) is 0 Å². The number of hydrogen-bond acceptors (Lipinski definition) is 3. The van der Waals surface area contributed by atoms with E-state index in [1.54, 1.807) is 0 Å². The molecular weight excluding hydrogens is 180 g/mol. The Kier molecular flexibility index (Phi) is 2.31. The van der Waals surface area contributed by atoms with E-state index in [1.807, 2.05) is 24.3 Å². The van der Waals surface area contributed by atoms with Crippen LogP contribution in [-0.4, -0.2) is 18.2 Å². The van der Waals surface area contributed by atoms with Gasteiger partial charge in [-0.15, -0.1) is 0 Å². The van der Waals surface area contributed by atoms with Crippen LogP contribution in [0.5, 0.6) is 5.75 Å². The van der Waals surface area contributed by atoms with Crippen molar-refractivity contribution in [2.75, 3.05) is 0 Å². The van der Waals surface area contributed by atoms with E-state index in [-0.39, 0.29) is 0 Å². The maximum atomic E-state index is 11.1. The van der Waals surface area contributed by atoms with Crippen LogP contribution in [0.15, 0.2) is 24.3 Å². The molecule has 1 aliphatic rings. The first-order valence-corrected chi connectivity index (χ1v) is 4.55. The van der Waals surface area contributed by atoms with E-state index in [1.165, 1.54) is 0 Å². The summed E-state index contributed by atoms with van der Waals surface area (Å²) < 4.78 is 5.40. The standard InChI is InChI=1S/C11H10O3/c12-7-9(13)11-6-5-8-3-1-2-4-10(8)14-11/h1-4,7,11H,5-6H2. The average molecular weight is 190 g/mol. The number of rotatable bonds is 2. The summed E-state index contributed by atoms with van der Waals surface area (Å²) in [4.78, 5) is 21.4. The number of hydrogen-bond donors (Lipinski definition) is 0. The molecule has 0 amide bonds. The quantitative estimate of drug-likeness (QED) is 0.519. The summed E-state index contributed by atoms with van der Waals surface area (Å²) >= 11 is 0. The maximum absolute atomic E-state index is 11.1. The summed E-state index contributed by atoms with van der Waals surface area (Å²) in [5.74, 6) is 0.249. The fourth-order valence-corrected chi connectivity index (χ4v) is 1.60. The lowest BCUT2D eigenvalue weighted by molar-refractivity contribution is -0.135. The summed E-state index contributed by atoms with van der Waals surface area (Å²) in [6.07, 6.45) is 1.13. The Morgan fingerprint density at radius 3 is 3.00 bits per heavy atom. The Morgan fingerprint density at radius 2 is 2.21 bits per heavy atom. The number of carbonyl (C=O) groups is 2. The third kappa shape index (κ3) is 1.53. The van der Waals surface area contributed by atoms with Crippen LogP contribution >= 0.6 is 0 Å². The SMILES string of the molecule is O=CC(=O)C1CCc2ccccc2O1. The number of ketones is 1. The molecule has 1 aromatic rings. The zero-order chi connectivity index (χ0) is 9.97. The number of aryl methyl sites for hydroxylation is 1. The van der Waals surface area contributed by atoms with Gasteiger partial charge >= 0.3 is 0 Å². The molecule has 72 valence electrons. The Balaban J connectivity index is 2.21. The van der Waals surface area contributed by atoms with Crippen molar-refractivity contribution in [3.05, 3.63) is 29.8 Å². The van der Waals surface area contributed by atoms with Gasteiger partial charge in [0.15, 0.2) is 12.4 Å². The van der Waals surface area contributed by atoms with Crippen LogP contribution < -0.4 is 4.74 Å². The zero-order valence-electron chi connectivity index (χ0n) is 7.60. The molecule has 2 rings (SSSR count). The molecule has 1 unspecified atom stereocenters. The molecule has 0 spiro atoms. The molecule has 3 nitrogen and oxygen atoms in total. The highest BCUT2D eigenvalue weighted by Crippen LogP contribution is 2.26. The summed E-state index contributed by atoms with van der Waals surface area (Å²) in [6, 6.07) is 7.58. The molecule has 1 aliphatic heterocycles. The van der Waals surface area contributed by atoms with E-state index in [0.717, 1.165) is 17.7 Å². The van der Waals surface area contributed by atoms with Gasteiger partial charge in [0.2, 0.25) is 5.78 Å². The average Bonchev–Trinajstić information content (AvgIpc) is 2.27. The molecule has 3 heteroatoms. The molecule has 1 atom stereocenters. The van der Waals surface area contributed by atoms with Crippen molar-refractivity contribution < 1.29 is 14.3 Å². The van der Waals surface area contributed by atoms with Gasteiger partial charge in [0.25, 0.3) is 0 Å². The van der Waals surface area contributed by atoms with Crippen LogP contribution in [0, 0.1) is 0 Å². The predicted octanol–water partition coefficient (Wildman–Crippen LogP) is 1.15. The summed E-state index contributed by atoms with van der Waals surface area (Å²) in [7, 11) is 0. The van der Waals surface area contributed by atoms with Crippen molar-refractivity contribution >= 4 is 12.1 Å². The molecule has 0 saturated carbocycles. The monoisotopic (exact) mass is 190 g/mol. The van der Waals surface area contributed by atoms with Crippen molar-refractivity contribution in [2.45, 2.75) is 18.9 Å². The molecule has 0 radical (unpaired) electrons. The highest BCUT2D eigenvalue weighted by atomic mass is 16.5. The lowest BCUT2D eigenvalue weighted by Gasteiger charge is -2.23. The molecule has 0 N–H and O–H groups in total. The highest BCUT2D eigenvalue weighted by Gasteiger charge is 2.24. The molecule has 0 fully saturated rings. The molecule has 1 aromatic carbocycles. The number of fused-ring (bicyclic) bond motifs is 1. The van der Waals surface area contributed by atoms with Gasteiger partial charge in [-0.2, -0.15) is 0 Å². The van der Waals surface area contributed by atoms with Gasteiger partial charge in [-0.1, -0.05) is 18.2 Å². The Labute approximate surface area is 81.7 Å². The van der Waals surface area contributed by atoms with Crippen LogP contribution in [-0.2, 0) is 16.0 Å². The van der Waals surface area contributed by atoms with E-state index in [2.05, 4.69) is 0 Å². The Morgan fingerprint density at radius 1 is 1.43 bits per heavy atom. The predicted molar refractivity (Wildman–Crippen MR) is 50.3 cm³/mol. The fourth-order valence-electron chi connectivity index (χ4n) is 1.60. The molecule has 0 aromatic heterocycles. The maximum Gasteiger partial charge on any atom is 0.235 e. The Bertz CT molecular complexity index is 371. The van der Waals surface area contributed by atoms with Crippen molar-refractivity contribution in [3.63, 3.8) is 0 Å². The minimum Gasteiger partial charge on any atom is -0.482 e. The van der Waals surface area contributed by atoms with Crippen molar-refractivity contribution in [3.8, 4) is 5.75 Å². The second kappa shape index (κ2) is 3.62. The van der Waals surface area contributed by atoms with Crippen LogP contribution in [0.2, 0.25) is 0 Å². The van der Waals surface area contributed by atoms with E-state index in [4.69, 9.17) is 4.74 Å². The van der Waals surface area contributed by atoms with E-state index < -0.39 is 11.9 Å². The topological polar surface area (TPSA) is 43.4 Å². The third-order valence-electron chi connectivity index (χ3n) is 2.35. The van der Waals surface area contributed by atoms with Gasteiger partial charge in [0.05, 0.1) is 0 Å². The Hall–Kier alpha value is -1.64. The summed E-state index contributed by atoms with van der Waals surface area (Å²) in [6.45, 7) is 0. The van der Waals surface area contributed by atoms with Gasteiger partial charge in [-0.3, -0.25) is 9.59 Å². The number of ether oxygens (including phenoxy) is 1. The van der Waals surface area contributed by atoms with E-state index in [9.17, 15) is 9.59 Å². The van der Waals surface area contributed by atoms with Gasteiger partial charge in [-0.25, -0.2) is 0 Å². The second-order valence-electron chi connectivity index (χ2n) is 3.27. The van der Waals surface area contributed by atoms with Gasteiger partial charge in [0, 0.05) is 0 Å². The molecule has 0 bridgehead atoms. The number of Topliss-reactive ketones (excluding diaryl/α,β-unsaturated/α-hetero) is 1.